The Morgan fingerprint density at radius 1 is 1.40 bits per heavy atom. The average molecular weight is 208 g/mol. The van der Waals surface area contributed by atoms with Crippen LogP contribution in [-0.4, -0.2) is 31.3 Å². The van der Waals surface area contributed by atoms with Gasteiger partial charge in [-0.1, -0.05) is 6.07 Å². The van der Waals surface area contributed by atoms with Crippen LogP contribution >= 0.6 is 0 Å². The highest BCUT2D eigenvalue weighted by molar-refractivity contribution is 5.37. The fourth-order valence-electron chi connectivity index (χ4n) is 1.28. The van der Waals surface area contributed by atoms with Crippen LogP contribution in [0.25, 0.3) is 0 Å². The van der Waals surface area contributed by atoms with Gasteiger partial charge in [0.1, 0.15) is 5.82 Å². The number of likely N-dealkylation sites (N-methyl/N-ethyl adjacent to an activating group) is 1. The first-order valence-electron chi connectivity index (χ1n) is 5.36. The van der Waals surface area contributed by atoms with E-state index in [1.54, 1.807) is 0 Å². The summed E-state index contributed by atoms with van der Waals surface area (Å²) in [7, 11) is 2.03. The predicted octanol–water partition coefficient (Wildman–Crippen LogP) is 2.25. The van der Waals surface area contributed by atoms with Crippen LogP contribution in [0, 0.1) is 6.92 Å². The molecule has 0 saturated heterocycles. The van der Waals surface area contributed by atoms with Gasteiger partial charge in [0.05, 0.1) is 12.7 Å². The summed E-state index contributed by atoms with van der Waals surface area (Å²) in [5, 5.41) is 0. The molecule has 0 radical (unpaired) electrons. The maximum Gasteiger partial charge on any atom is 0.128 e. The molecule has 3 nitrogen and oxygen atoms in total. The number of pyridine rings is 1. The number of rotatable bonds is 5. The second-order valence-corrected chi connectivity index (χ2v) is 3.98. The van der Waals surface area contributed by atoms with E-state index in [0.717, 1.165) is 24.7 Å². The first kappa shape index (κ1) is 12.0. The van der Waals surface area contributed by atoms with Crippen LogP contribution < -0.4 is 4.90 Å². The number of nitrogens with zero attached hydrogens (tertiary/aromatic N) is 2. The van der Waals surface area contributed by atoms with Gasteiger partial charge in [-0.05, 0) is 32.9 Å². The molecule has 0 atom stereocenters. The zero-order chi connectivity index (χ0) is 11.3. The van der Waals surface area contributed by atoms with Crippen LogP contribution in [0.3, 0.4) is 0 Å². The van der Waals surface area contributed by atoms with Gasteiger partial charge in [0.25, 0.3) is 0 Å². The van der Waals surface area contributed by atoms with Crippen LogP contribution in [-0.2, 0) is 4.74 Å². The summed E-state index contributed by atoms with van der Waals surface area (Å²) in [5.41, 5.74) is 1.05. The van der Waals surface area contributed by atoms with Crippen LogP contribution in [0.4, 0.5) is 5.82 Å². The molecule has 1 aromatic rings. The van der Waals surface area contributed by atoms with Gasteiger partial charge in [0, 0.05) is 19.3 Å². The summed E-state index contributed by atoms with van der Waals surface area (Å²) in [4.78, 5) is 6.55. The molecule has 0 aromatic carbocycles. The van der Waals surface area contributed by atoms with E-state index in [-0.39, 0.29) is 0 Å². The van der Waals surface area contributed by atoms with Gasteiger partial charge in [0.15, 0.2) is 0 Å². The lowest BCUT2D eigenvalue weighted by atomic mass is 10.3. The van der Waals surface area contributed by atoms with Crippen molar-refractivity contribution in [1.82, 2.24) is 4.98 Å². The Kier molecular flexibility index (Phi) is 4.56. The normalized spacial score (nSPS) is 10.7. The summed E-state index contributed by atoms with van der Waals surface area (Å²) in [5.74, 6) is 1.00. The zero-order valence-corrected chi connectivity index (χ0v) is 10.0. The molecule has 0 unspecified atom stereocenters. The first-order valence-corrected chi connectivity index (χ1v) is 5.36. The van der Waals surface area contributed by atoms with E-state index < -0.39 is 0 Å². The first-order chi connectivity index (χ1) is 7.09. The molecule has 0 bridgehead atoms. The Morgan fingerprint density at radius 2 is 2.13 bits per heavy atom. The Hall–Kier alpha value is -1.09. The number of aromatic nitrogens is 1. The average Bonchev–Trinajstić information content (AvgIpc) is 2.17. The second-order valence-electron chi connectivity index (χ2n) is 3.98. The topological polar surface area (TPSA) is 25.4 Å². The third kappa shape index (κ3) is 4.30. The minimum absolute atomic E-state index is 0.295. The summed E-state index contributed by atoms with van der Waals surface area (Å²) < 4.78 is 5.49. The third-order valence-electron chi connectivity index (χ3n) is 2.14. The fourth-order valence-corrected chi connectivity index (χ4v) is 1.28. The van der Waals surface area contributed by atoms with Crippen molar-refractivity contribution in [3.8, 4) is 0 Å². The highest BCUT2D eigenvalue weighted by Crippen LogP contribution is 2.08. The van der Waals surface area contributed by atoms with Gasteiger partial charge < -0.3 is 9.64 Å². The van der Waals surface area contributed by atoms with Crippen LogP contribution in [0.15, 0.2) is 18.2 Å². The van der Waals surface area contributed by atoms with E-state index in [1.165, 1.54) is 0 Å². The lowest BCUT2D eigenvalue weighted by molar-refractivity contribution is 0.0845. The molecule has 0 saturated carbocycles. The van der Waals surface area contributed by atoms with Crippen molar-refractivity contribution in [2.24, 2.45) is 0 Å². The van der Waals surface area contributed by atoms with Crippen molar-refractivity contribution >= 4 is 5.82 Å². The van der Waals surface area contributed by atoms with E-state index in [0.29, 0.717) is 6.10 Å². The molecule has 1 rings (SSSR count). The van der Waals surface area contributed by atoms with E-state index >= 15 is 0 Å². The molecule has 0 aliphatic rings. The fraction of sp³-hybridized carbons (Fsp3) is 0.583. The van der Waals surface area contributed by atoms with Gasteiger partial charge in [-0.2, -0.15) is 0 Å². The second kappa shape index (κ2) is 5.71. The highest BCUT2D eigenvalue weighted by Gasteiger charge is 2.02. The monoisotopic (exact) mass is 208 g/mol. The maximum absolute atomic E-state index is 5.49. The molecule has 84 valence electrons. The number of ether oxygens (including phenoxy) is 1. The summed E-state index contributed by atoms with van der Waals surface area (Å²) in [6.07, 6.45) is 0.295. The van der Waals surface area contributed by atoms with Crippen molar-refractivity contribution in [1.29, 1.82) is 0 Å². The number of hydrogen-bond acceptors (Lipinski definition) is 3. The van der Waals surface area contributed by atoms with Gasteiger partial charge in [-0.3, -0.25) is 0 Å². The molecule has 0 amide bonds. The van der Waals surface area contributed by atoms with Gasteiger partial charge in [-0.15, -0.1) is 0 Å². The highest BCUT2D eigenvalue weighted by atomic mass is 16.5. The van der Waals surface area contributed by atoms with E-state index in [2.05, 4.69) is 9.88 Å². The molecule has 0 N–H and O–H groups in total. The molecular weight excluding hydrogens is 188 g/mol. The van der Waals surface area contributed by atoms with Crippen molar-refractivity contribution in [2.75, 3.05) is 25.1 Å². The van der Waals surface area contributed by atoms with E-state index in [9.17, 15) is 0 Å². The van der Waals surface area contributed by atoms with Crippen molar-refractivity contribution < 1.29 is 4.74 Å². The Bertz CT molecular complexity index is 299. The van der Waals surface area contributed by atoms with Crippen molar-refractivity contribution in [3.05, 3.63) is 23.9 Å². The Morgan fingerprint density at radius 3 is 2.73 bits per heavy atom. The van der Waals surface area contributed by atoms with Crippen molar-refractivity contribution in [2.45, 2.75) is 26.9 Å². The minimum atomic E-state index is 0.295. The van der Waals surface area contributed by atoms with Crippen LogP contribution in [0.2, 0.25) is 0 Å². The number of hydrogen-bond donors (Lipinski definition) is 0. The summed E-state index contributed by atoms with van der Waals surface area (Å²) in [6.45, 7) is 7.70. The molecule has 3 heteroatoms. The van der Waals surface area contributed by atoms with Crippen LogP contribution in [0.1, 0.15) is 19.5 Å². The molecular formula is C12H20N2O. The molecule has 0 aliphatic carbocycles. The smallest absolute Gasteiger partial charge is 0.128 e. The Labute approximate surface area is 92.1 Å². The van der Waals surface area contributed by atoms with Gasteiger partial charge in [-0.25, -0.2) is 4.98 Å². The minimum Gasteiger partial charge on any atom is -0.377 e. The van der Waals surface area contributed by atoms with Crippen molar-refractivity contribution in [3.63, 3.8) is 0 Å². The molecule has 1 heterocycles. The Balaban J connectivity index is 2.43. The molecule has 0 spiro atoms. The van der Waals surface area contributed by atoms with E-state index in [4.69, 9.17) is 4.74 Å². The zero-order valence-electron chi connectivity index (χ0n) is 10.0. The summed E-state index contributed by atoms with van der Waals surface area (Å²) >= 11 is 0. The maximum atomic E-state index is 5.49. The van der Waals surface area contributed by atoms with Gasteiger partial charge >= 0.3 is 0 Å². The lowest BCUT2D eigenvalue weighted by Gasteiger charge is -2.19. The molecule has 15 heavy (non-hydrogen) atoms. The van der Waals surface area contributed by atoms with Crippen LogP contribution in [0.5, 0.6) is 0 Å². The van der Waals surface area contributed by atoms with Gasteiger partial charge in [0.2, 0.25) is 0 Å². The largest absolute Gasteiger partial charge is 0.377 e. The standard InChI is InChI=1S/C12H20N2O/c1-10(2)15-9-8-14(4)12-7-5-6-11(3)13-12/h5-7,10H,8-9H2,1-4H3. The molecule has 0 fully saturated rings. The lowest BCUT2D eigenvalue weighted by Crippen LogP contribution is -2.24. The molecule has 1 aromatic heterocycles. The molecule has 0 aliphatic heterocycles. The summed E-state index contributed by atoms with van der Waals surface area (Å²) in [6, 6.07) is 6.04. The third-order valence-corrected chi connectivity index (χ3v) is 2.14. The number of aryl methyl sites for hydroxylation is 1. The quantitative estimate of drug-likeness (QED) is 0.742. The SMILES string of the molecule is Cc1cccc(N(C)CCOC(C)C)n1. The number of anilines is 1. The predicted molar refractivity (Wildman–Crippen MR) is 63.3 cm³/mol. The van der Waals surface area contributed by atoms with E-state index in [1.807, 2.05) is 46.0 Å².